The molecule has 2 atom stereocenters. The first-order chi connectivity index (χ1) is 8.50. The average Bonchev–Trinajstić information content (AvgIpc) is 2.73. The molecule has 1 fully saturated rings. The normalized spacial score (nSPS) is 24.3. The van der Waals surface area contributed by atoms with Gasteiger partial charge in [0.05, 0.1) is 0 Å². The number of rotatable bonds is 4. The molecule has 1 aromatic rings. The maximum absolute atomic E-state index is 13.4. The molecule has 18 heavy (non-hydrogen) atoms. The van der Waals surface area contributed by atoms with E-state index in [1.807, 2.05) is 0 Å². The van der Waals surface area contributed by atoms with E-state index >= 15 is 0 Å². The van der Waals surface area contributed by atoms with Gasteiger partial charge in [-0.25, -0.2) is 17.5 Å². The SMILES string of the molecule is O=S(=O)(NCC1CCCC1Br)c1ccccc1F. The Kier molecular flexibility index (Phi) is 4.40. The minimum absolute atomic E-state index is 0.283. The minimum atomic E-state index is -3.75. The molecule has 2 rings (SSSR count). The van der Waals surface area contributed by atoms with E-state index in [1.165, 1.54) is 18.2 Å². The molecular weight excluding hydrogens is 321 g/mol. The van der Waals surface area contributed by atoms with E-state index in [4.69, 9.17) is 0 Å². The Hall–Kier alpha value is -0.460. The summed E-state index contributed by atoms with van der Waals surface area (Å²) in [5.41, 5.74) is 0. The first-order valence-electron chi connectivity index (χ1n) is 5.89. The van der Waals surface area contributed by atoms with Crippen LogP contribution in [0.15, 0.2) is 29.2 Å². The average molecular weight is 336 g/mol. The maximum Gasteiger partial charge on any atom is 0.243 e. The third-order valence-electron chi connectivity index (χ3n) is 3.23. The molecule has 6 heteroatoms. The fraction of sp³-hybridized carbons (Fsp3) is 0.500. The van der Waals surface area contributed by atoms with E-state index in [0.717, 1.165) is 25.3 Å². The molecule has 0 radical (unpaired) electrons. The van der Waals surface area contributed by atoms with Crippen LogP contribution in [0.5, 0.6) is 0 Å². The first-order valence-corrected chi connectivity index (χ1v) is 8.29. The van der Waals surface area contributed by atoms with Crippen LogP contribution in [0.2, 0.25) is 0 Å². The van der Waals surface area contributed by atoms with E-state index in [9.17, 15) is 12.8 Å². The quantitative estimate of drug-likeness (QED) is 0.860. The number of halogens is 2. The summed E-state index contributed by atoms with van der Waals surface area (Å²) >= 11 is 3.53. The van der Waals surface area contributed by atoms with Gasteiger partial charge in [-0.05, 0) is 30.9 Å². The van der Waals surface area contributed by atoms with Crippen molar-refractivity contribution in [3.05, 3.63) is 30.1 Å². The summed E-state index contributed by atoms with van der Waals surface area (Å²) in [7, 11) is -3.75. The first kappa shape index (κ1) is 14.0. The van der Waals surface area contributed by atoms with Gasteiger partial charge in [0.25, 0.3) is 0 Å². The van der Waals surface area contributed by atoms with Crippen molar-refractivity contribution >= 4 is 26.0 Å². The summed E-state index contributed by atoms with van der Waals surface area (Å²) in [5, 5.41) is 0. The lowest BCUT2D eigenvalue weighted by atomic mass is 10.1. The van der Waals surface area contributed by atoms with Gasteiger partial charge in [-0.15, -0.1) is 0 Å². The van der Waals surface area contributed by atoms with E-state index in [0.29, 0.717) is 11.4 Å². The van der Waals surface area contributed by atoms with Crippen molar-refractivity contribution in [2.24, 2.45) is 5.92 Å². The summed E-state index contributed by atoms with van der Waals surface area (Å²) in [6.07, 6.45) is 3.16. The predicted octanol–water partition coefficient (Wildman–Crippen LogP) is 2.67. The Bertz CT molecular complexity index is 521. The molecule has 1 aromatic carbocycles. The summed E-state index contributed by atoms with van der Waals surface area (Å²) in [6, 6.07) is 5.41. The van der Waals surface area contributed by atoms with Gasteiger partial charge in [0.15, 0.2) is 0 Å². The van der Waals surface area contributed by atoms with Crippen LogP contribution < -0.4 is 4.72 Å². The highest BCUT2D eigenvalue weighted by Crippen LogP contribution is 2.31. The van der Waals surface area contributed by atoms with Crippen molar-refractivity contribution in [1.29, 1.82) is 0 Å². The Morgan fingerprint density at radius 3 is 2.67 bits per heavy atom. The highest BCUT2D eigenvalue weighted by molar-refractivity contribution is 9.09. The molecule has 3 nitrogen and oxygen atoms in total. The number of hydrogen-bond donors (Lipinski definition) is 1. The topological polar surface area (TPSA) is 46.2 Å². The van der Waals surface area contributed by atoms with Gasteiger partial charge in [-0.1, -0.05) is 34.5 Å². The number of nitrogens with one attached hydrogen (secondary N) is 1. The Balaban J connectivity index is 2.06. The molecule has 0 aliphatic heterocycles. The van der Waals surface area contributed by atoms with Crippen LogP contribution in [0, 0.1) is 11.7 Å². The second-order valence-electron chi connectivity index (χ2n) is 4.49. The number of hydrogen-bond acceptors (Lipinski definition) is 2. The zero-order valence-corrected chi connectivity index (χ0v) is 12.2. The number of sulfonamides is 1. The Morgan fingerprint density at radius 1 is 1.33 bits per heavy atom. The largest absolute Gasteiger partial charge is 0.243 e. The van der Waals surface area contributed by atoms with E-state index in [2.05, 4.69) is 20.7 Å². The smallest absolute Gasteiger partial charge is 0.211 e. The van der Waals surface area contributed by atoms with Gasteiger partial charge in [0, 0.05) is 11.4 Å². The zero-order chi connectivity index (χ0) is 13.2. The molecule has 1 N–H and O–H groups in total. The van der Waals surface area contributed by atoms with Crippen LogP contribution in [0.3, 0.4) is 0 Å². The van der Waals surface area contributed by atoms with E-state index in [1.54, 1.807) is 0 Å². The monoisotopic (exact) mass is 335 g/mol. The van der Waals surface area contributed by atoms with Gasteiger partial charge in [0.2, 0.25) is 10.0 Å². The third-order valence-corrected chi connectivity index (χ3v) is 5.89. The van der Waals surface area contributed by atoms with Crippen molar-refractivity contribution in [3.8, 4) is 0 Å². The molecule has 0 heterocycles. The lowest BCUT2D eigenvalue weighted by Crippen LogP contribution is -2.31. The summed E-state index contributed by atoms with van der Waals surface area (Å²) in [5.74, 6) is -0.432. The number of alkyl halides is 1. The van der Waals surface area contributed by atoms with Crippen LogP contribution in [0.25, 0.3) is 0 Å². The second kappa shape index (κ2) is 5.67. The van der Waals surface area contributed by atoms with E-state index < -0.39 is 15.8 Å². The summed E-state index contributed by atoms with van der Waals surface area (Å²) in [4.78, 5) is 0.0648. The van der Waals surface area contributed by atoms with Crippen molar-refractivity contribution in [1.82, 2.24) is 4.72 Å². The van der Waals surface area contributed by atoms with Crippen LogP contribution in [-0.2, 0) is 10.0 Å². The highest BCUT2D eigenvalue weighted by atomic mass is 79.9. The lowest BCUT2D eigenvalue weighted by Gasteiger charge is -2.15. The molecular formula is C12H15BrFNO2S. The molecule has 0 saturated heterocycles. The fourth-order valence-electron chi connectivity index (χ4n) is 2.18. The predicted molar refractivity (Wildman–Crippen MR) is 71.6 cm³/mol. The molecule has 1 aliphatic rings. The molecule has 2 unspecified atom stereocenters. The fourth-order valence-corrected chi connectivity index (χ4v) is 4.13. The van der Waals surface area contributed by atoms with Crippen molar-refractivity contribution in [2.45, 2.75) is 29.0 Å². The van der Waals surface area contributed by atoms with Crippen molar-refractivity contribution in [3.63, 3.8) is 0 Å². The van der Waals surface area contributed by atoms with Gasteiger partial charge in [-0.3, -0.25) is 0 Å². The lowest BCUT2D eigenvalue weighted by molar-refractivity contribution is 0.522. The molecule has 0 aromatic heterocycles. The van der Waals surface area contributed by atoms with E-state index in [-0.39, 0.29) is 10.8 Å². The van der Waals surface area contributed by atoms with Crippen LogP contribution in [0.1, 0.15) is 19.3 Å². The zero-order valence-electron chi connectivity index (χ0n) is 9.77. The minimum Gasteiger partial charge on any atom is -0.211 e. The molecule has 1 saturated carbocycles. The summed E-state index contributed by atoms with van der Waals surface area (Å²) < 4.78 is 39.8. The van der Waals surface area contributed by atoms with Crippen molar-refractivity contribution in [2.75, 3.05) is 6.54 Å². The molecule has 100 valence electrons. The standard InChI is InChI=1S/C12H15BrFNO2S/c13-10-5-3-4-9(10)8-15-18(16,17)12-7-2-1-6-11(12)14/h1-2,6-7,9-10,15H,3-5,8H2. The highest BCUT2D eigenvalue weighted by Gasteiger charge is 2.27. The van der Waals surface area contributed by atoms with Crippen LogP contribution in [0.4, 0.5) is 4.39 Å². The van der Waals surface area contributed by atoms with Gasteiger partial charge in [0.1, 0.15) is 10.7 Å². The van der Waals surface area contributed by atoms with Crippen LogP contribution >= 0.6 is 15.9 Å². The second-order valence-corrected chi connectivity index (χ2v) is 7.40. The van der Waals surface area contributed by atoms with Gasteiger partial charge in [-0.2, -0.15) is 0 Å². The van der Waals surface area contributed by atoms with Gasteiger partial charge >= 0.3 is 0 Å². The number of benzene rings is 1. The third kappa shape index (κ3) is 3.10. The molecule has 0 bridgehead atoms. The molecule has 0 spiro atoms. The summed E-state index contributed by atoms with van der Waals surface area (Å²) in [6.45, 7) is 0.354. The van der Waals surface area contributed by atoms with Crippen LogP contribution in [-0.4, -0.2) is 19.8 Å². The maximum atomic E-state index is 13.4. The Labute approximate surface area is 115 Å². The van der Waals surface area contributed by atoms with Gasteiger partial charge < -0.3 is 0 Å². The Morgan fingerprint density at radius 2 is 2.06 bits per heavy atom. The molecule has 0 amide bonds. The van der Waals surface area contributed by atoms with Crippen molar-refractivity contribution < 1.29 is 12.8 Å². The molecule has 1 aliphatic carbocycles.